The predicted octanol–water partition coefficient (Wildman–Crippen LogP) is 4.66. The van der Waals surface area contributed by atoms with Crippen molar-refractivity contribution in [2.24, 2.45) is 0 Å². The first-order valence-corrected chi connectivity index (χ1v) is 11.7. The molecule has 1 aliphatic heterocycles. The molecule has 4 aromatic rings. The molecule has 2 amide bonds. The van der Waals surface area contributed by atoms with Gasteiger partial charge in [0.2, 0.25) is 5.91 Å². The summed E-state index contributed by atoms with van der Waals surface area (Å²) in [5.74, 6) is -0.454. The van der Waals surface area contributed by atoms with Crippen LogP contribution in [0.3, 0.4) is 0 Å². The Morgan fingerprint density at radius 2 is 1.85 bits per heavy atom. The van der Waals surface area contributed by atoms with Crippen molar-refractivity contribution in [1.29, 1.82) is 0 Å². The van der Waals surface area contributed by atoms with Gasteiger partial charge >= 0.3 is 0 Å². The number of nitrogens with one attached hydrogen (secondary N) is 1. The molecule has 0 fully saturated rings. The third-order valence-corrected chi connectivity index (χ3v) is 6.96. The lowest BCUT2D eigenvalue weighted by molar-refractivity contribution is -0.126. The van der Waals surface area contributed by atoms with Gasteiger partial charge in [0.05, 0.1) is 11.4 Å². The zero-order valence-corrected chi connectivity index (χ0v) is 19.3. The number of rotatable bonds is 5. The first-order chi connectivity index (χ1) is 16.0. The van der Waals surface area contributed by atoms with Crippen molar-refractivity contribution < 1.29 is 9.59 Å². The zero-order chi connectivity index (χ0) is 23.0. The van der Waals surface area contributed by atoms with Crippen molar-refractivity contribution in [3.8, 4) is 10.6 Å². The van der Waals surface area contributed by atoms with Crippen molar-refractivity contribution >= 4 is 28.8 Å². The second kappa shape index (κ2) is 8.33. The molecule has 2 aromatic carbocycles. The molecule has 5 rings (SSSR count). The van der Waals surface area contributed by atoms with E-state index in [2.05, 4.69) is 10.4 Å². The minimum atomic E-state index is -1.15. The Morgan fingerprint density at radius 1 is 1.09 bits per heavy atom. The van der Waals surface area contributed by atoms with E-state index in [1.54, 1.807) is 20.9 Å². The zero-order valence-electron chi connectivity index (χ0n) is 18.5. The van der Waals surface area contributed by atoms with Gasteiger partial charge in [-0.15, -0.1) is 11.3 Å². The lowest BCUT2D eigenvalue weighted by Crippen LogP contribution is -2.64. The summed E-state index contributed by atoms with van der Waals surface area (Å²) in [4.78, 5) is 30.1. The maximum absolute atomic E-state index is 13.8. The highest BCUT2D eigenvalue weighted by atomic mass is 32.1. The van der Waals surface area contributed by atoms with Crippen LogP contribution >= 0.6 is 11.3 Å². The van der Waals surface area contributed by atoms with Gasteiger partial charge in [0.15, 0.2) is 0 Å². The monoisotopic (exact) mass is 456 g/mol. The second-order valence-electron chi connectivity index (χ2n) is 8.42. The highest BCUT2D eigenvalue weighted by Gasteiger charge is 2.49. The van der Waals surface area contributed by atoms with Crippen LogP contribution in [0, 0.1) is 6.92 Å². The Hall–Kier alpha value is -3.71. The number of benzene rings is 2. The topological polar surface area (TPSA) is 67.2 Å². The van der Waals surface area contributed by atoms with Gasteiger partial charge in [-0.25, -0.2) is 0 Å². The Morgan fingerprint density at radius 3 is 2.58 bits per heavy atom. The fourth-order valence-corrected chi connectivity index (χ4v) is 4.97. The third-order valence-electron chi connectivity index (χ3n) is 6.07. The van der Waals surface area contributed by atoms with Crippen LogP contribution in [0.4, 0.5) is 5.69 Å². The lowest BCUT2D eigenvalue weighted by atomic mass is 9.93. The van der Waals surface area contributed by atoms with E-state index in [9.17, 15) is 9.59 Å². The smallest absolute Gasteiger partial charge is 0.277 e. The lowest BCUT2D eigenvalue weighted by Gasteiger charge is -2.43. The summed E-state index contributed by atoms with van der Waals surface area (Å²) in [6, 6.07) is 23.2. The van der Waals surface area contributed by atoms with Crippen LogP contribution in [0.1, 0.15) is 28.5 Å². The van der Waals surface area contributed by atoms with Gasteiger partial charge < -0.3 is 5.32 Å². The number of hydrogen-bond donors (Lipinski definition) is 1. The summed E-state index contributed by atoms with van der Waals surface area (Å²) in [7, 11) is 0. The molecule has 1 N–H and O–H groups in total. The minimum absolute atomic E-state index is 0.221. The molecule has 6 nitrogen and oxygen atoms in total. The normalized spacial score (nSPS) is 17.6. The average molecular weight is 457 g/mol. The van der Waals surface area contributed by atoms with Crippen LogP contribution in [-0.4, -0.2) is 27.1 Å². The highest BCUT2D eigenvalue weighted by Crippen LogP contribution is 2.36. The summed E-state index contributed by atoms with van der Waals surface area (Å²) in [6.07, 6.45) is 0. The van der Waals surface area contributed by atoms with E-state index < -0.39 is 5.54 Å². The molecule has 1 aliphatic rings. The number of fused-ring (bicyclic) bond motifs is 1. The maximum Gasteiger partial charge on any atom is 0.277 e. The van der Waals surface area contributed by atoms with Gasteiger partial charge in [-0.3, -0.25) is 19.2 Å². The molecule has 7 heteroatoms. The van der Waals surface area contributed by atoms with Crippen LogP contribution < -0.4 is 10.2 Å². The van der Waals surface area contributed by atoms with E-state index >= 15 is 0 Å². The number of amides is 2. The molecule has 0 unspecified atom stereocenters. The number of carbonyl (C=O) groups excluding carboxylic acids is 2. The first-order valence-electron chi connectivity index (χ1n) is 10.8. The van der Waals surface area contributed by atoms with Crippen LogP contribution in [-0.2, 0) is 17.9 Å². The fraction of sp³-hybridized carbons (Fsp3) is 0.192. The molecule has 1 atom stereocenters. The molecule has 0 bridgehead atoms. The summed E-state index contributed by atoms with van der Waals surface area (Å²) < 4.78 is 1.67. The van der Waals surface area contributed by atoms with Gasteiger partial charge in [-0.2, -0.15) is 5.10 Å². The van der Waals surface area contributed by atoms with Gasteiger partial charge in [-0.1, -0.05) is 54.6 Å². The van der Waals surface area contributed by atoms with Gasteiger partial charge in [0.1, 0.15) is 16.9 Å². The molecular weight excluding hydrogens is 432 g/mol. The molecule has 0 saturated heterocycles. The minimum Gasteiger partial charge on any atom is -0.350 e. The molecule has 3 heterocycles. The Bertz CT molecular complexity index is 1310. The Kier molecular flexibility index (Phi) is 5.34. The Balaban J connectivity index is 1.56. The van der Waals surface area contributed by atoms with Gasteiger partial charge in [0.25, 0.3) is 5.91 Å². The molecule has 0 saturated carbocycles. The molecule has 166 valence electrons. The molecule has 0 radical (unpaired) electrons. The maximum atomic E-state index is 13.8. The SMILES string of the molecule is Cc1ccccc1N1C(=O)c2cc(-c3cccs3)nn2C[C@@]1(C)C(=O)NCc1ccccc1. The van der Waals surface area contributed by atoms with Crippen LogP contribution in [0.15, 0.2) is 78.2 Å². The molecular formula is C26H24N4O2S. The number of carbonyl (C=O) groups is 2. The quantitative estimate of drug-likeness (QED) is 0.475. The number of nitrogens with zero attached hydrogens (tertiary/aromatic N) is 3. The van der Waals surface area contributed by atoms with Crippen LogP contribution in [0.2, 0.25) is 0 Å². The molecule has 0 spiro atoms. The number of aryl methyl sites for hydroxylation is 1. The van der Waals surface area contributed by atoms with E-state index in [1.807, 2.05) is 92.0 Å². The predicted molar refractivity (Wildman–Crippen MR) is 130 cm³/mol. The first kappa shape index (κ1) is 21.2. The number of para-hydroxylation sites is 1. The Labute approximate surface area is 196 Å². The number of hydrogen-bond acceptors (Lipinski definition) is 4. The fourth-order valence-electron chi connectivity index (χ4n) is 4.29. The van der Waals surface area contributed by atoms with Crippen LogP contribution in [0.25, 0.3) is 10.6 Å². The van der Waals surface area contributed by atoms with E-state index in [0.29, 0.717) is 12.2 Å². The molecule has 2 aromatic heterocycles. The van der Waals surface area contributed by atoms with Crippen molar-refractivity contribution in [3.05, 3.63) is 95.0 Å². The van der Waals surface area contributed by atoms with E-state index in [1.165, 1.54) is 0 Å². The number of aromatic nitrogens is 2. The summed E-state index contributed by atoms with van der Waals surface area (Å²) >= 11 is 1.57. The van der Waals surface area contributed by atoms with Crippen molar-refractivity contribution in [1.82, 2.24) is 15.1 Å². The number of anilines is 1. The summed E-state index contributed by atoms with van der Waals surface area (Å²) in [5, 5.41) is 9.71. The molecule has 33 heavy (non-hydrogen) atoms. The third kappa shape index (κ3) is 3.74. The second-order valence-corrected chi connectivity index (χ2v) is 9.37. The van der Waals surface area contributed by atoms with Crippen molar-refractivity contribution in [2.75, 3.05) is 4.90 Å². The standard InChI is InChI=1S/C26H24N4O2S/c1-18-9-6-7-12-21(18)30-24(31)22-15-20(23-13-8-14-33-23)28-29(22)17-26(30,2)25(32)27-16-19-10-4-3-5-11-19/h3-15H,16-17H2,1-2H3,(H,27,32)/t26-/m0/s1. The van der Waals surface area contributed by atoms with Gasteiger partial charge in [0, 0.05) is 12.2 Å². The van der Waals surface area contributed by atoms with E-state index in [-0.39, 0.29) is 18.4 Å². The largest absolute Gasteiger partial charge is 0.350 e. The van der Waals surface area contributed by atoms with Gasteiger partial charge in [-0.05, 0) is 48.6 Å². The van der Waals surface area contributed by atoms with Crippen LogP contribution in [0.5, 0.6) is 0 Å². The summed E-state index contributed by atoms with van der Waals surface area (Å²) in [6.45, 7) is 4.41. The highest BCUT2D eigenvalue weighted by molar-refractivity contribution is 7.13. The van der Waals surface area contributed by atoms with E-state index in [0.717, 1.165) is 27.4 Å². The van der Waals surface area contributed by atoms with E-state index in [4.69, 9.17) is 0 Å². The van der Waals surface area contributed by atoms with Crippen molar-refractivity contribution in [3.63, 3.8) is 0 Å². The number of thiophene rings is 1. The van der Waals surface area contributed by atoms with Crippen molar-refractivity contribution in [2.45, 2.75) is 32.5 Å². The summed E-state index contributed by atoms with van der Waals surface area (Å²) in [5.41, 5.74) is 2.73. The molecule has 0 aliphatic carbocycles. The average Bonchev–Trinajstić information content (AvgIpc) is 3.49.